The average molecular weight is 400 g/mol. The van der Waals surface area contributed by atoms with Crippen LogP contribution >= 0.6 is 0 Å². The largest absolute Gasteiger partial charge is 0.372 e. The molecule has 0 aliphatic rings. The van der Waals surface area contributed by atoms with Gasteiger partial charge in [-0.15, -0.1) is 0 Å². The Balaban J connectivity index is 1.83. The molecule has 3 aromatic rings. The molecule has 29 heavy (non-hydrogen) atoms. The summed E-state index contributed by atoms with van der Waals surface area (Å²) in [6, 6.07) is 10.8. The number of ether oxygens (including phenoxy) is 1. The van der Waals surface area contributed by atoms with Gasteiger partial charge in [0.25, 0.3) is 5.91 Å². The number of hydrogen-bond acceptors (Lipinski definition) is 4. The number of benzene rings is 1. The van der Waals surface area contributed by atoms with E-state index in [1.165, 1.54) is 0 Å². The van der Waals surface area contributed by atoms with Crippen LogP contribution < -0.4 is 5.32 Å². The average Bonchev–Trinajstić information content (AvgIpc) is 3.16. The smallest absolute Gasteiger partial charge is 0.256 e. The lowest BCUT2D eigenvalue weighted by atomic mass is 9.99. The van der Waals surface area contributed by atoms with E-state index in [0.717, 1.165) is 16.7 Å². The molecule has 2 heterocycles. The molecule has 1 N–H and O–H groups in total. The predicted octanol–water partition coefficient (Wildman–Crippen LogP) is 3.60. The summed E-state index contributed by atoms with van der Waals surface area (Å²) >= 11 is 0. The third kappa shape index (κ3) is 5.68. The Bertz CT molecular complexity index is 943. The molecule has 0 aliphatic heterocycles. The Morgan fingerprint density at radius 2 is 1.90 bits per heavy atom. The summed E-state index contributed by atoms with van der Waals surface area (Å²) in [5, 5.41) is 6.92. The molecule has 0 aliphatic carbocycles. The molecule has 0 bridgehead atoms. The van der Waals surface area contributed by atoms with Gasteiger partial charge < -0.3 is 10.1 Å². The highest BCUT2D eigenvalue weighted by molar-refractivity contribution is 6.04. The van der Waals surface area contributed by atoms with Crippen LogP contribution in [-0.2, 0) is 18.2 Å². The summed E-state index contributed by atoms with van der Waals surface area (Å²) in [6.07, 6.45) is 4.44. The fraction of sp³-hybridized carbons (Fsp3) is 0.286. The zero-order chi connectivity index (χ0) is 20.6. The van der Waals surface area contributed by atoms with E-state index >= 15 is 0 Å². The molecule has 0 fully saturated rings. The topological polar surface area (TPSA) is 69.0 Å². The molecule has 0 atom stereocenters. The lowest BCUT2D eigenvalue weighted by Gasteiger charge is -2.13. The van der Waals surface area contributed by atoms with E-state index in [1.54, 1.807) is 48.5 Å². The highest BCUT2D eigenvalue weighted by Gasteiger charge is 2.13. The molecule has 0 unspecified atom stereocenters. The third-order valence-corrected chi connectivity index (χ3v) is 4.31. The van der Waals surface area contributed by atoms with Crippen LogP contribution in [0.2, 0.25) is 0 Å². The normalized spacial score (nSPS) is 11.0. The second kappa shape index (κ2) is 9.88. The Kier molecular flexibility index (Phi) is 7.02. The molecule has 0 saturated carbocycles. The zero-order valence-corrected chi connectivity index (χ0v) is 16.0. The van der Waals surface area contributed by atoms with Crippen molar-refractivity contribution in [2.45, 2.75) is 12.5 Å². The van der Waals surface area contributed by atoms with Crippen LogP contribution in [0.4, 0.5) is 14.6 Å². The Labute approximate surface area is 167 Å². The molecule has 152 valence electrons. The molecule has 3 rings (SSSR count). The van der Waals surface area contributed by atoms with Crippen molar-refractivity contribution in [1.29, 1.82) is 0 Å². The minimum atomic E-state index is -1.05. The Hall–Kier alpha value is -3.13. The molecule has 2 aromatic heterocycles. The number of aromatic nitrogens is 3. The number of halogens is 2. The molecule has 6 nitrogen and oxygen atoms in total. The second-order valence-electron chi connectivity index (χ2n) is 6.53. The fourth-order valence-electron chi connectivity index (χ4n) is 2.82. The van der Waals surface area contributed by atoms with Gasteiger partial charge in [-0.1, -0.05) is 6.07 Å². The third-order valence-electron chi connectivity index (χ3n) is 4.31. The van der Waals surface area contributed by atoms with E-state index in [0.29, 0.717) is 17.8 Å². The second-order valence-corrected chi connectivity index (χ2v) is 6.53. The minimum Gasteiger partial charge on any atom is -0.372 e. The van der Waals surface area contributed by atoms with E-state index < -0.39 is 19.5 Å². The highest BCUT2D eigenvalue weighted by atomic mass is 19.1. The first-order chi connectivity index (χ1) is 14.1. The van der Waals surface area contributed by atoms with Gasteiger partial charge >= 0.3 is 0 Å². The number of anilines is 1. The first-order valence-electron chi connectivity index (χ1n) is 9.18. The van der Waals surface area contributed by atoms with Gasteiger partial charge in [0, 0.05) is 37.3 Å². The van der Waals surface area contributed by atoms with Gasteiger partial charge in [-0.05, 0) is 47.4 Å². The van der Waals surface area contributed by atoms with Gasteiger partial charge in [0.1, 0.15) is 19.5 Å². The fourth-order valence-corrected chi connectivity index (χ4v) is 2.82. The summed E-state index contributed by atoms with van der Waals surface area (Å²) in [5.74, 6) is 0.151. The van der Waals surface area contributed by atoms with Crippen molar-refractivity contribution < 1.29 is 18.3 Å². The van der Waals surface area contributed by atoms with Crippen LogP contribution in [0.25, 0.3) is 11.1 Å². The summed E-state index contributed by atoms with van der Waals surface area (Å²) in [4.78, 5) is 16.7. The van der Waals surface area contributed by atoms with Crippen LogP contribution in [0.1, 0.15) is 15.9 Å². The number of aryl methyl sites for hydroxylation is 1. The van der Waals surface area contributed by atoms with Gasteiger partial charge in [-0.3, -0.25) is 14.5 Å². The maximum absolute atomic E-state index is 12.7. The van der Waals surface area contributed by atoms with Gasteiger partial charge in [0.05, 0.1) is 6.61 Å². The summed E-state index contributed by atoms with van der Waals surface area (Å²) in [5.41, 5.74) is 3.01. The van der Waals surface area contributed by atoms with Gasteiger partial charge in [-0.2, -0.15) is 5.10 Å². The van der Waals surface area contributed by atoms with Gasteiger partial charge in [0.2, 0.25) is 0 Å². The molecule has 8 heteroatoms. The summed E-state index contributed by atoms with van der Waals surface area (Å²) in [7, 11) is 1.76. The van der Waals surface area contributed by atoms with Crippen molar-refractivity contribution in [2.24, 2.45) is 7.05 Å². The Morgan fingerprint density at radius 1 is 1.14 bits per heavy atom. The van der Waals surface area contributed by atoms with Crippen molar-refractivity contribution >= 4 is 11.7 Å². The van der Waals surface area contributed by atoms with E-state index in [2.05, 4.69) is 15.4 Å². The number of nitrogens with one attached hydrogen (secondary N) is 1. The number of hydrogen-bond donors (Lipinski definition) is 1. The van der Waals surface area contributed by atoms with Crippen molar-refractivity contribution in [1.82, 2.24) is 14.8 Å². The van der Waals surface area contributed by atoms with Crippen molar-refractivity contribution in [3.05, 3.63) is 66.1 Å². The number of carbonyl (C=O) groups is 1. The van der Waals surface area contributed by atoms with Crippen molar-refractivity contribution in [3.63, 3.8) is 0 Å². The standard InChI is InChI=1S/C21H22F2N4O2/c1-27-8-4-20(26-27)25-21(28)18-11-15(5-9-29-19(13-22)14-23)10-17(12-18)16-2-6-24-7-3-16/h2-4,6-8,10-12,19H,5,9,13-14H2,1H3,(H,25,26,28). The number of nitrogens with zero attached hydrogens (tertiary/aromatic N) is 3. The van der Waals surface area contributed by atoms with Crippen molar-refractivity contribution in [3.8, 4) is 11.1 Å². The first-order valence-corrected chi connectivity index (χ1v) is 9.18. The number of alkyl halides is 2. The maximum Gasteiger partial charge on any atom is 0.256 e. The minimum absolute atomic E-state index is 0.152. The molecule has 1 amide bonds. The molecule has 1 aromatic carbocycles. The summed E-state index contributed by atoms with van der Waals surface area (Å²) in [6.45, 7) is -1.59. The molecule has 0 saturated heterocycles. The molecule has 0 radical (unpaired) electrons. The SMILES string of the molecule is Cn1ccc(NC(=O)c2cc(CCOC(CF)CF)cc(-c3ccncc3)c2)n1. The number of amides is 1. The van der Waals surface area contributed by atoms with Gasteiger partial charge in [-0.25, -0.2) is 8.78 Å². The number of rotatable bonds is 9. The Morgan fingerprint density at radius 3 is 2.55 bits per heavy atom. The zero-order valence-electron chi connectivity index (χ0n) is 16.0. The van der Waals surface area contributed by atoms with Crippen LogP contribution in [0.5, 0.6) is 0 Å². The van der Waals surface area contributed by atoms with E-state index in [9.17, 15) is 13.6 Å². The first kappa shape index (κ1) is 20.6. The van der Waals surface area contributed by atoms with Crippen LogP contribution in [-0.4, -0.2) is 46.7 Å². The number of pyridine rings is 1. The van der Waals surface area contributed by atoms with Crippen LogP contribution in [0.15, 0.2) is 55.0 Å². The monoisotopic (exact) mass is 400 g/mol. The quantitative estimate of drug-likeness (QED) is 0.596. The van der Waals surface area contributed by atoms with Crippen molar-refractivity contribution in [2.75, 3.05) is 25.3 Å². The number of carbonyl (C=O) groups excluding carboxylic acids is 1. The van der Waals surface area contributed by atoms with Gasteiger partial charge in [0.15, 0.2) is 5.82 Å². The lowest BCUT2D eigenvalue weighted by molar-refractivity contribution is 0.0217. The maximum atomic E-state index is 12.7. The van der Waals surface area contributed by atoms with E-state index in [4.69, 9.17) is 4.74 Å². The molecular weight excluding hydrogens is 378 g/mol. The molecule has 0 spiro atoms. The lowest BCUT2D eigenvalue weighted by Crippen LogP contribution is -2.19. The van der Waals surface area contributed by atoms with Crippen LogP contribution in [0, 0.1) is 0 Å². The van der Waals surface area contributed by atoms with E-state index in [-0.39, 0.29) is 12.5 Å². The summed E-state index contributed by atoms with van der Waals surface area (Å²) < 4.78 is 32.0. The highest BCUT2D eigenvalue weighted by Crippen LogP contribution is 2.23. The predicted molar refractivity (Wildman–Crippen MR) is 106 cm³/mol. The molecular formula is C21H22F2N4O2. The van der Waals surface area contributed by atoms with Crippen LogP contribution in [0.3, 0.4) is 0 Å². The van der Waals surface area contributed by atoms with E-state index in [1.807, 2.05) is 18.2 Å².